The standard InChI is InChI=1S/C10H22N2S/c1-12(7-5-11)6-2-10-3-8-13-9-4-10/h10H,2-9,11H2,1H3. The molecule has 0 bridgehead atoms. The molecule has 78 valence electrons. The highest BCUT2D eigenvalue weighted by Crippen LogP contribution is 2.25. The molecular weight excluding hydrogens is 180 g/mol. The fourth-order valence-electron chi connectivity index (χ4n) is 1.77. The number of nitrogens with zero attached hydrogens (tertiary/aromatic N) is 1. The molecule has 0 aliphatic carbocycles. The van der Waals surface area contributed by atoms with Crippen LogP contribution in [0.15, 0.2) is 0 Å². The number of thioether (sulfide) groups is 1. The summed E-state index contributed by atoms with van der Waals surface area (Å²) in [6, 6.07) is 0. The molecule has 13 heavy (non-hydrogen) atoms. The quantitative estimate of drug-likeness (QED) is 0.731. The number of nitrogens with two attached hydrogens (primary N) is 1. The monoisotopic (exact) mass is 202 g/mol. The molecule has 3 heteroatoms. The minimum atomic E-state index is 0.789. The molecule has 2 N–H and O–H groups in total. The molecule has 0 radical (unpaired) electrons. The van der Waals surface area contributed by atoms with Gasteiger partial charge < -0.3 is 10.6 Å². The van der Waals surface area contributed by atoms with Gasteiger partial charge in [-0.05, 0) is 50.3 Å². The second kappa shape index (κ2) is 6.68. The van der Waals surface area contributed by atoms with Gasteiger partial charge in [0.15, 0.2) is 0 Å². The van der Waals surface area contributed by atoms with Crippen LogP contribution in [0.4, 0.5) is 0 Å². The highest BCUT2D eigenvalue weighted by atomic mass is 32.2. The van der Waals surface area contributed by atoms with Gasteiger partial charge in [0.05, 0.1) is 0 Å². The lowest BCUT2D eigenvalue weighted by Gasteiger charge is -2.24. The largest absolute Gasteiger partial charge is 0.329 e. The molecule has 0 amide bonds. The Balaban J connectivity index is 2.03. The Hall–Kier alpha value is 0.270. The van der Waals surface area contributed by atoms with E-state index >= 15 is 0 Å². The molecule has 0 unspecified atom stereocenters. The van der Waals surface area contributed by atoms with Crippen molar-refractivity contribution < 1.29 is 0 Å². The second-order valence-electron chi connectivity index (χ2n) is 3.94. The maximum atomic E-state index is 5.49. The number of rotatable bonds is 5. The van der Waals surface area contributed by atoms with Crippen molar-refractivity contribution in [2.45, 2.75) is 19.3 Å². The van der Waals surface area contributed by atoms with Gasteiger partial charge in [-0.2, -0.15) is 11.8 Å². The molecule has 1 fully saturated rings. The average molecular weight is 202 g/mol. The first-order valence-electron chi connectivity index (χ1n) is 5.29. The normalized spacial score (nSPS) is 19.6. The average Bonchev–Trinajstić information content (AvgIpc) is 2.17. The van der Waals surface area contributed by atoms with Crippen LogP contribution in [-0.2, 0) is 0 Å². The Kier molecular flexibility index (Phi) is 5.83. The summed E-state index contributed by atoms with van der Waals surface area (Å²) in [7, 11) is 2.17. The van der Waals surface area contributed by atoms with E-state index in [4.69, 9.17) is 5.73 Å². The molecular formula is C10H22N2S. The maximum absolute atomic E-state index is 5.49. The fourth-order valence-corrected chi connectivity index (χ4v) is 2.97. The summed E-state index contributed by atoms with van der Waals surface area (Å²) in [4.78, 5) is 2.35. The lowest BCUT2D eigenvalue weighted by molar-refractivity contribution is 0.299. The molecule has 1 aliphatic rings. The van der Waals surface area contributed by atoms with Crippen LogP contribution in [0.5, 0.6) is 0 Å². The second-order valence-corrected chi connectivity index (χ2v) is 5.16. The van der Waals surface area contributed by atoms with Crippen LogP contribution in [0.2, 0.25) is 0 Å². The van der Waals surface area contributed by atoms with E-state index in [0.29, 0.717) is 0 Å². The zero-order valence-corrected chi connectivity index (χ0v) is 9.48. The van der Waals surface area contributed by atoms with E-state index in [1.165, 1.54) is 37.3 Å². The summed E-state index contributed by atoms with van der Waals surface area (Å²) in [5, 5.41) is 0. The van der Waals surface area contributed by atoms with Crippen molar-refractivity contribution in [3.63, 3.8) is 0 Å². The molecule has 1 rings (SSSR count). The molecule has 2 nitrogen and oxygen atoms in total. The van der Waals surface area contributed by atoms with Crippen molar-refractivity contribution in [2.24, 2.45) is 11.7 Å². The fraction of sp³-hybridized carbons (Fsp3) is 1.00. The Morgan fingerprint density at radius 3 is 2.62 bits per heavy atom. The number of hydrogen-bond donors (Lipinski definition) is 1. The van der Waals surface area contributed by atoms with Crippen LogP contribution in [0.3, 0.4) is 0 Å². The molecule has 1 saturated heterocycles. The van der Waals surface area contributed by atoms with Gasteiger partial charge in [-0.25, -0.2) is 0 Å². The molecule has 1 heterocycles. The van der Waals surface area contributed by atoms with E-state index < -0.39 is 0 Å². The van der Waals surface area contributed by atoms with Crippen molar-refractivity contribution in [1.82, 2.24) is 4.90 Å². The predicted molar refractivity (Wildman–Crippen MR) is 61.2 cm³/mol. The van der Waals surface area contributed by atoms with E-state index in [2.05, 4.69) is 23.7 Å². The Morgan fingerprint density at radius 2 is 2.00 bits per heavy atom. The first-order valence-corrected chi connectivity index (χ1v) is 6.44. The van der Waals surface area contributed by atoms with Crippen LogP contribution in [0.25, 0.3) is 0 Å². The summed E-state index contributed by atoms with van der Waals surface area (Å²) in [5.41, 5.74) is 5.49. The first-order chi connectivity index (χ1) is 6.33. The minimum Gasteiger partial charge on any atom is -0.329 e. The van der Waals surface area contributed by atoms with Gasteiger partial charge in [0.25, 0.3) is 0 Å². The van der Waals surface area contributed by atoms with Crippen molar-refractivity contribution in [1.29, 1.82) is 0 Å². The summed E-state index contributed by atoms with van der Waals surface area (Å²) in [5.74, 6) is 3.75. The molecule has 0 saturated carbocycles. The zero-order valence-electron chi connectivity index (χ0n) is 8.67. The van der Waals surface area contributed by atoms with Crippen molar-refractivity contribution in [3.8, 4) is 0 Å². The Morgan fingerprint density at radius 1 is 1.31 bits per heavy atom. The SMILES string of the molecule is CN(CCN)CCC1CCSCC1. The van der Waals surface area contributed by atoms with Gasteiger partial charge in [0, 0.05) is 13.1 Å². The van der Waals surface area contributed by atoms with Gasteiger partial charge in [0.1, 0.15) is 0 Å². The van der Waals surface area contributed by atoms with E-state index in [9.17, 15) is 0 Å². The third kappa shape index (κ3) is 4.89. The third-order valence-corrected chi connectivity index (χ3v) is 3.82. The van der Waals surface area contributed by atoms with Crippen LogP contribution in [-0.4, -0.2) is 43.1 Å². The van der Waals surface area contributed by atoms with Gasteiger partial charge >= 0.3 is 0 Å². The molecule has 0 spiro atoms. The smallest absolute Gasteiger partial charge is 0.0102 e. The van der Waals surface area contributed by atoms with E-state index in [1.807, 2.05) is 0 Å². The van der Waals surface area contributed by atoms with E-state index in [-0.39, 0.29) is 0 Å². The van der Waals surface area contributed by atoms with Gasteiger partial charge in [-0.15, -0.1) is 0 Å². The van der Waals surface area contributed by atoms with Gasteiger partial charge in [0.2, 0.25) is 0 Å². The molecule has 1 aliphatic heterocycles. The zero-order chi connectivity index (χ0) is 9.52. The first kappa shape index (κ1) is 11.3. The summed E-state index contributed by atoms with van der Waals surface area (Å²) in [6.07, 6.45) is 4.24. The van der Waals surface area contributed by atoms with Crippen molar-refractivity contribution in [3.05, 3.63) is 0 Å². The van der Waals surface area contributed by atoms with Crippen molar-refractivity contribution >= 4 is 11.8 Å². The highest BCUT2D eigenvalue weighted by Gasteiger charge is 2.13. The lowest BCUT2D eigenvalue weighted by atomic mass is 9.99. The molecule has 0 atom stereocenters. The van der Waals surface area contributed by atoms with Crippen LogP contribution < -0.4 is 5.73 Å². The Bertz CT molecular complexity index is 124. The highest BCUT2D eigenvalue weighted by molar-refractivity contribution is 7.99. The summed E-state index contributed by atoms with van der Waals surface area (Å²) >= 11 is 2.11. The maximum Gasteiger partial charge on any atom is 0.0102 e. The predicted octanol–water partition coefficient (Wildman–Crippen LogP) is 1.41. The van der Waals surface area contributed by atoms with Crippen molar-refractivity contribution in [2.75, 3.05) is 38.2 Å². The number of likely N-dealkylation sites (N-methyl/N-ethyl adjacent to an activating group) is 1. The molecule has 0 aromatic carbocycles. The van der Waals surface area contributed by atoms with Gasteiger partial charge in [-0.1, -0.05) is 0 Å². The summed E-state index contributed by atoms with van der Waals surface area (Å²) < 4.78 is 0. The van der Waals surface area contributed by atoms with Gasteiger partial charge in [-0.3, -0.25) is 0 Å². The summed E-state index contributed by atoms with van der Waals surface area (Å²) in [6.45, 7) is 3.06. The van der Waals surface area contributed by atoms with Crippen LogP contribution in [0, 0.1) is 5.92 Å². The van der Waals surface area contributed by atoms with E-state index in [0.717, 1.165) is 19.0 Å². The topological polar surface area (TPSA) is 29.3 Å². The lowest BCUT2D eigenvalue weighted by Crippen LogP contribution is -2.28. The number of hydrogen-bond acceptors (Lipinski definition) is 3. The van der Waals surface area contributed by atoms with Crippen LogP contribution >= 0.6 is 11.8 Å². The molecule has 0 aromatic heterocycles. The van der Waals surface area contributed by atoms with E-state index in [1.54, 1.807) is 0 Å². The minimum absolute atomic E-state index is 0.789. The Labute approximate surface area is 86.2 Å². The van der Waals surface area contributed by atoms with Crippen LogP contribution in [0.1, 0.15) is 19.3 Å². The third-order valence-electron chi connectivity index (χ3n) is 2.77. The molecule has 0 aromatic rings.